The molecule has 1 aromatic rings. The van der Waals surface area contributed by atoms with Crippen molar-refractivity contribution in [2.45, 2.75) is 20.3 Å². The molecule has 0 radical (unpaired) electrons. The molecule has 0 fully saturated rings. The molecular weight excluding hydrogens is 322 g/mol. The van der Waals surface area contributed by atoms with Gasteiger partial charge in [-0.05, 0) is 30.5 Å². The lowest BCUT2D eigenvalue weighted by Crippen LogP contribution is -2.25. The molecule has 112 valence electrons. The predicted molar refractivity (Wildman–Crippen MR) is 83.3 cm³/mol. The molecule has 0 saturated carbocycles. The number of hydrogen-bond acceptors (Lipinski definition) is 3. The first-order valence-corrected chi connectivity index (χ1v) is 7.53. The third-order valence-corrected chi connectivity index (χ3v) is 3.10. The third kappa shape index (κ3) is 5.92. The van der Waals surface area contributed by atoms with Crippen LogP contribution in [0.4, 0.5) is 0 Å². The molecule has 0 aromatic heterocycles. The van der Waals surface area contributed by atoms with E-state index in [9.17, 15) is 4.79 Å². The van der Waals surface area contributed by atoms with Crippen molar-refractivity contribution in [2.24, 2.45) is 5.92 Å². The van der Waals surface area contributed by atoms with Crippen LogP contribution in [0.1, 0.15) is 30.6 Å². The van der Waals surface area contributed by atoms with E-state index in [0.29, 0.717) is 30.4 Å². The predicted octanol–water partition coefficient (Wildman–Crippen LogP) is 3.25. The van der Waals surface area contributed by atoms with E-state index >= 15 is 0 Å². The molecule has 0 aliphatic heterocycles. The van der Waals surface area contributed by atoms with Gasteiger partial charge in [0.1, 0.15) is 5.75 Å². The topological polar surface area (TPSA) is 47.6 Å². The second kappa shape index (κ2) is 8.97. The minimum atomic E-state index is -0.127. The van der Waals surface area contributed by atoms with Gasteiger partial charge in [0.25, 0.3) is 5.91 Å². The van der Waals surface area contributed by atoms with Crippen LogP contribution in [0.25, 0.3) is 0 Å². The van der Waals surface area contributed by atoms with Crippen LogP contribution in [0.15, 0.2) is 22.7 Å². The van der Waals surface area contributed by atoms with E-state index in [-0.39, 0.29) is 5.91 Å². The quantitative estimate of drug-likeness (QED) is 0.737. The summed E-state index contributed by atoms with van der Waals surface area (Å²) in [6.45, 7) is 6.24. The fourth-order valence-corrected chi connectivity index (χ4v) is 1.98. The van der Waals surface area contributed by atoms with Gasteiger partial charge < -0.3 is 14.8 Å². The van der Waals surface area contributed by atoms with Crippen LogP contribution < -0.4 is 10.1 Å². The average Bonchev–Trinajstić information content (AvgIpc) is 2.41. The second-order valence-corrected chi connectivity index (χ2v) is 5.84. The van der Waals surface area contributed by atoms with Gasteiger partial charge in [-0.3, -0.25) is 4.79 Å². The highest BCUT2D eigenvalue weighted by Gasteiger charge is 2.11. The summed E-state index contributed by atoms with van der Waals surface area (Å²) >= 11 is 3.35. The Hall–Kier alpha value is -1.07. The minimum Gasteiger partial charge on any atom is -0.496 e. The first-order valence-electron chi connectivity index (χ1n) is 6.74. The van der Waals surface area contributed by atoms with Crippen molar-refractivity contribution in [3.8, 4) is 5.75 Å². The highest BCUT2D eigenvalue weighted by atomic mass is 79.9. The maximum atomic E-state index is 12.0. The van der Waals surface area contributed by atoms with Gasteiger partial charge in [0.2, 0.25) is 0 Å². The van der Waals surface area contributed by atoms with Crippen LogP contribution in [0.3, 0.4) is 0 Å². The van der Waals surface area contributed by atoms with Gasteiger partial charge in [-0.25, -0.2) is 0 Å². The van der Waals surface area contributed by atoms with E-state index in [0.717, 1.165) is 17.5 Å². The molecular formula is C15H22BrNO3. The van der Waals surface area contributed by atoms with Gasteiger partial charge >= 0.3 is 0 Å². The van der Waals surface area contributed by atoms with Crippen molar-refractivity contribution in [2.75, 3.05) is 26.9 Å². The summed E-state index contributed by atoms with van der Waals surface area (Å²) in [5.74, 6) is 0.975. The summed E-state index contributed by atoms with van der Waals surface area (Å²) in [4.78, 5) is 12.0. The Morgan fingerprint density at radius 3 is 2.80 bits per heavy atom. The monoisotopic (exact) mass is 343 g/mol. The number of rotatable bonds is 8. The van der Waals surface area contributed by atoms with Gasteiger partial charge in [0.15, 0.2) is 0 Å². The molecule has 4 nitrogen and oxygen atoms in total. The standard InChI is InChI=1S/C15H22BrNO3/c1-11(2)10-20-8-4-7-17-15(18)13-6-5-12(16)9-14(13)19-3/h5-6,9,11H,4,7-8,10H2,1-3H3,(H,17,18). The number of ether oxygens (including phenoxy) is 2. The number of carbonyl (C=O) groups excluding carboxylic acids is 1. The van der Waals surface area contributed by atoms with Gasteiger partial charge in [-0.1, -0.05) is 29.8 Å². The maximum absolute atomic E-state index is 12.0. The average molecular weight is 344 g/mol. The fraction of sp³-hybridized carbons (Fsp3) is 0.533. The molecule has 0 bridgehead atoms. The molecule has 0 unspecified atom stereocenters. The van der Waals surface area contributed by atoms with Crippen LogP contribution in [-0.4, -0.2) is 32.8 Å². The lowest BCUT2D eigenvalue weighted by molar-refractivity contribution is 0.0922. The Labute approximate surface area is 129 Å². The van der Waals surface area contributed by atoms with E-state index in [1.54, 1.807) is 19.2 Å². The number of hydrogen-bond donors (Lipinski definition) is 1. The lowest BCUT2D eigenvalue weighted by Gasteiger charge is -2.10. The van der Waals surface area contributed by atoms with Crippen molar-refractivity contribution in [1.82, 2.24) is 5.32 Å². The molecule has 0 heterocycles. The number of amides is 1. The maximum Gasteiger partial charge on any atom is 0.255 e. The van der Waals surface area contributed by atoms with Crippen LogP contribution >= 0.6 is 15.9 Å². The Kier molecular flexibility index (Phi) is 7.62. The zero-order valence-corrected chi connectivity index (χ0v) is 13.8. The van der Waals surface area contributed by atoms with E-state index < -0.39 is 0 Å². The SMILES string of the molecule is COc1cc(Br)ccc1C(=O)NCCCOCC(C)C. The highest BCUT2D eigenvalue weighted by molar-refractivity contribution is 9.10. The molecule has 1 amide bonds. The first-order chi connectivity index (χ1) is 9.54. The third-order valence-electron chi connectivity index (χ3n) is 2.61. The molecule has 1 N–H and O–H groups in total. The van der Waals surface area contributed by atoms with Crippen molar-refractivity contribution in [1.29, 1.82) is 0 Å². The molecule has 0 saturated heterocycles. The van der Waals surface area contributed by atoms with Crippen LogP contribution in [0.5, 0.6) is 5.75 Å². The normalized spacial score (nSPS) is 10.7. The van der Waals surface area contributed by atoms with Crippen molar-refractivity contribution < 1.29 is 14.3 Å². The molecule has 1 aromatic carbocycles. The summed E-state index contributed by atoms with van der Waals surface area (Å²) in [7, 11) is 1.55. The summed E-state index contributed by atoms with van der Waals surface area (Å²) in [5, 5.41) is 2.87. The van der Waals surface area contributed by atoms with E-state index in [1.165, 1.54) is 0 Å². The molecule has 5 heteroatoms. The highest BCUT2D eigenvalue weighted by Crippen LogP contribution is 2.23. The molecule has 20 heavy (non-hydrogen) atoms. The van der Waals surface area contributed by atoms with Crippen molar-refractivity contribution >= 4 is 21.8 Å². The molecule has 1 rings (SSSR count). The van der Waals surface area contributed by atoms with Crippen LogP contribution in [-0.2, 0) is 4.74 Å². The van der Waals surface area contributed by atoms with Crippen LogP contribution in [0.2, 0.25) is 0 Å². The number of benzene rings is 1. The van der Waals surface area contributed by atoms with Crippen LogP contribution in [0, 0.1) is 5.92 Å². The molecule has 0 atom stereocenters. The second-order valence-electron chi connectivity index (χ2n) is 4.92. The van der Waals surface area contributed by atoms with Gasteiger partial charge in [0, 0.05) is 24.2 Å². The van der Waals surface area contributed by atoms with Crippen molar-refractivity contribution in [3.05, 3.63) is 28.2 Å². The van der Waals surface area contributed by atoms with E-state index in [2.05, 4.69) is 35.1 Å². The summed E-state index contributed by atoms with van der Waals surface area (Å²) in [6, 6.07) is 5.34. The largest absolute Gasteiger partial charge is 0.496 e. The number of carbonyl (C=O) groups is 1. The molecule has 0 spiro atoms. The Bertz CT molecular complexity index is 435. The van der Waals surface area contributed by atoms with E-state index in [1.807, 2.05) is 6.07 Å². The number of halogens is 1. The Morgan fingerprint density at radius 2 is 2.15 bits per heavy atom. The van der Waals surface area contributed by atoms with Gasteiger partial charge in [0.05, 0.1) is 12.7 Å². The van der Waals surface area contributed by atoms with Gasteiger partial charge in [-0.15, -0.1) is 0 Å². The number of methoxy groups -OCH3 is 1. The summed E-state index contributed by atoms with van der Waals surface area (Å²) in [6.07, 6.45) is 0.803. The smallest absolute Gasteiger partial charge is 0.255 e. The molecule has 0 aliphatic carbocycles. The summed E-state index contributed by atoms with van der Waals surface area (Å²) in [5.41, 5.74) is 0.541. The molecule has 0 aliphatic rings. The lowest BCUT2D eigenvalue weighted by atomic mass is 10.2. The first kappa shape index (κ1) is 17.0. The Morgan fingerprint density at radius 1 is 1.40 bits per heavy atom. The van der Waals surface area contributed by atoms with Gasteiger partial charge in [-0.2, -0.15) is 0 Å². The minimum absolute atomic E-state index is 0.127. The summed E-state index contributed by atoms with van der Waals surface area (Å²) < 4.78 is 11.5. The van der Waals surface area contributed by atoms with E-state index in [4.69, 9.17) is 9.47 Å². The Balaban J connectivity index is 2.36. The zero-order valence-electron chi connectivity index (χ0n) is 12.2. The van der Waals surface area contributed by atoms with Crippen molar-refractivity contribution in [3.63, 3.8) is 0 Å². The fourth-order valence-electron chi connectivity index (χ4n) is 1.64. The zero-order chi connectivity index (χ0) is 15.0. The number of nitrogens with one attached hydrogen (secondary N) is 1.